The van der Waals surface area contributed by atoms with E-state index in [1.54, 1.807) is 9.47 Å². The molecule has 2 aromatic rings. The van der Waals surface area contributed by atoms with Crippen LogP contribution in [0.5, 0.6) is 0 Å². The van der Waals surface area contributed by atoms with Gasteiger partial charge < -0.3 is 15.1 Å². The van der Waals surface area contributed by atoms with Crippen LogP contribution in [0.1, 0.15) is 59.7 Å². The number of benzene rings is 1. The van der Waals surface area contributed by atoms with Crippen molar-refractivity contribution in [3.8, 4) is 0 Å². The summed E-state index contributed by atoms with van der Waals surface area (Å²) in [6.45, 7) is 8.62. The van der Waals surface area contributed by atoms with Crippen LogP contribution >= 0.6 is 0 Å². The number of aromatic nitrogens is 2. The van der Waals surface area contributed by atoms with Gasteiger partial charge in [-0.15, -0.1) is 0 Å². The number of hydrogen-bond acceptors (Lipinski definition) is 4. The lowest BCUT2D eigenvalue weighted by molar-refractivity contribution is 0.0732. The molecule has 0 radical (unpaired) electrons. The Kier molecular flexibility index (Phi) is 5.26. The van der Waals surface area contributed by atoms with Crippen molar-refractivity contribution in [2.24, 2.45) is 0 Å². The highest BCUT2D eigenvalue weighted by Crippen LogP contribution is 2.41. The Morgan fingerprint density at radius 1 is 1.06 bits per heavy atom. The second kappa shape index (κ2) is 8.01. The minimum Gasteiger partial charge on any atom is -0.336 e. The molecule has 1 aromatic heterocycles. The van der Waals surface area contributed by atoms with Gasteiger partial charge >= 0.3 is 6.03 Å². The van der Waals surface area contributed by atoms with Crippen LogP contribution in [0.3, 0.4) is 0 Å². The molecule has 1 atom stereocenters. The minimum absolute atomic E-state index is 0.0293. The zero-order chi connectivity index (χ0) is 23.3. The molecule has 8 nitrogen and oxygen atoms in total. The third-order valence-corrected chi connectivity index (χ3v) is 7.24. The van der Waals surface area contributed by atoms with Crippen molar-refractivity contribution < 1.29 is 9.59 Å². The molecule has 0 aliphatic carbocycles. The topological polar surface area (TPSA) is 87.5 Å². The SMILES string of the molecule is Cc1ccc(C(=O)N2CCc3nc4n(c(=O)c3C2)CC[C@]42CCN(C(=O)NC(C)C)C2)cc1. The zero-order valence-corrected chi connectivity index (χ0v) is 19.6. The van der Waals surface area contributed by atoms with E-state index in [4.69, 9.17) is 4.98 Å². The molecule has 5 rings (SSSR count). The van der Waals surface area contributed by atoms with Crippen LogP contribution in [0, 0.1) is 6.92 Å². The van der Waals surface area contributed by atoms with Gasteiger partial charge in [-0.3, -0.25) is 14.2 Å². The van der Waals surface area contributed by atoms with Crippen molar-refractivity contribution in [2.75, 3.05) is 19.6 Å². The van der Waals surface area contributed by atoms with Crippen LogP contribution in [0.4, 0.5) is 4.79 Å². The highest BCUT2D eigenvalue weighted by molar-refractivity contribution is 5.94. The van der Waals surface area contributed by atoms with E-state index in [1.165, 1.54) is 0 Å². The fourth-order valence-corrected chi connectivity index (χ4v) is 5.39. The number of hydrogen-bond donors (Lipinski definition) is 1. The lowest BCUT2D eigenvalue weighted by atomic mass is 9.85. The Morgan fingerprint density at radius 3 is 2.52 bits per heavy atom. The van der Waals surface area contributed by atoms with Gasteiger partial charge in [-0.05, 0) is 45.7 Å². The molecule has 3 amide bonds. The monoisotopic (exact) mass is 449 g/mol. The molecular weight excluding hydrogens is 418 g/mol. The largest absolute Gasteiger partial charge is 0.336 e. The van der Waals surface area contributed by atoms with Crippen LogP contribution < -0.4 is 10.9 Å². The van der Waals surface area contributed by atoms with Gasteiger partial charge in [-0.25, -0.2) is 9.78 Å². The molecule has 1 fully saturated rings. The van der Waals surface area contributed by atoms with Gasteiger partial charge in [0.1, 0.15) is 5.82 Å². The Hall–Kier alpha value is -3.16. The van der Waals surface area contributed by atoms with E-state index in [-0.39, 0.29) is 29.0 Å². The van der Waals surface area contributed by atoms with E-state index >= 15 is 0 Å². The lowest BCUT2D eigenvalue weighted by Crippen LogP contribution is -2.44. The standard InChI is InChI=1S/C25H31N5O3/c1-16(2)26-24(33)29-12-9-25(15-29)10-13-30-22(32)19-14-28(11-8-20(19)27-23(25)30)21(31)18-6-4-17(3)5-7-18/h4-7,16H,8-15H2,1-3H3,(H,26,33)/t25-/m0/s1. The first-order valence-electron chi connectivity index (χ1n) is 11.8. The highest BCUT2D eigenvalue weighted by Gasteiger charge is 2.48. The molecule has 1 spiro atoms. The van der Waals surface area contributed by atoms with E-state index in [2.05, 4.69) is 5.32 Å². The van der Waals surface area contributed by atoms with Crippen molar-refractivity contribution in [3.63, 3.8) is 0 Å². The Labute approximate surface area is 193 Å². The number of carbonyl (C=O) groups excluding carboxylic acids is 2. The van der Waals surface area contributed by atoms with Crippen molar-refractivity contribution in [1.29, 1.82) is 0 Å². The van der Waals surface area contributed by atoms with Gasteiger partial charge in [0, 0.05) is 49.6 Å². The van der Waals surface area contributed by atoms with Gasteiger partial charge in [0.05, 0.1) is 17.8 Å². The fraction of sp³-hybridized carbons (Fsp3) is 0.520. The third kappa shape index (κ3) is 3.71. The summed E-state index contributed by atoms with van der Waals surface area (Å²) in [5.41, 5.74) is 2.91. The van der Waals surface area contributed by atoms with Crippen molar-refractivity contribution >= 4 is 11.9 Å². The first kappa shape index (κ1) is 21.7. The van der Waals surface area contributed by atoms with E-state index in [1.807, 2.05) is 49.9 Å². The molecule has 33 heavy (non-hydrogen) atoms. The van der Waals surface area contributed by atoms with Gasteiger partial charge in [0.2, 0.25) is 0 Å². The summed E-state index contributed by atoms with van der Waals surface area (Å²) >= 11 is 0. The van der Waals surface area contributed by atoms with Gasteiger partial charge in [0.25, 0.3) is 11.5 Å². The fourth-order valence-electron chi connectivity index (χ4n) is 5.39. The second-order valence-corrected chi connectivity index (χ2v) is 9.97. The maximum Gasteiger partial charge on any atom is 0.317 e. The van der Waals surface area contributed by atoms with Crippen molar-refractivity contribution in [2.45, 2.75) is 64.6 Å². The molecule has 3 aliphatic rings. The molecule has 4 heterocycles. The lowest BCUT2D eigenvalue weighted by Gasteiger charge is -2.30. The predicted octanol–water partition coefficient (Wildman–Crippen LogP) is 2.22. The average molecular weight is 450 g/mol. The van der Waals surface area contributed by atoms with Crippen LogP contribution in [0.15, 0.2) is 29.1 Å². The summed E-state index contributed by atoms with van der Waals surface area (Å²) in [6.07, 6.45) is 2.21. The number of likely N-dealkylation sites (tertiary alicyclic amines) is 1. The smallest absolute Gasteiger partial charge is 0.317 e. The number of amides is 3. The first-order valence-corrected chi connectivity index (χ1v) is 11.8. The molecule has 1 saturated heterocycles. The molecule has 0 saturated carbocycles. The van der Waals surface area contributed by atoms with Gasteiger partial charge in [0.15, 0.2) is 0 Å². The van der Waals surface area contributed by atoms with Crippen LogP contribution in [0.2, 0.25) is 0 Å². The molecule has 8 heteroatoms. The minimum atomic E-state index is -0.253. The molecule has 174 valence electrons. The predicted molar refractivity (Wildman–Crippen MR) is 124 cm³/mol. The summed E-state index contributed by atoms with van der Waals surface area (Å²) in [6, 6.07) is 7.58. The second-order valence-electron chi connectivity index (χ2n) is 9.97. The van der Waals surface area contributed by atoms with E-state index in [9.17, 15) is 14.4 Å². The van der Waals surface area contributed by atoms with Crippen molar-refractivity contribution in [1.82, 2.24) is 24.7 Å². The number of urea groups is 1. The van der Waals surface area contributed by atoms with Gasteiger partial charge in [-0.1, -0.05) is 17.7 Å². The van der Waals surface area contributed by atoms with Gasteiger partial charge in [-0.2, -0.15) is 0 Å². The summed E-state index contributed by atoms with van der Waals surface area (Å²) in [7, 11) is 0. The molecular formula is C25H31N5O3. The van der Waals surface area contributed by atoms with E-state index in [0.717, 1.165) is 29.9 Å². The van der Waals surface area contributed by atoms with E-state index in [0.29, 0.717) is 50.3 Å². The highest BCUT2D eigenvalue weighted by atomic mass is 16.2. The van der Waals surface area contributed by atoms with E-state index < -0.39 is 0 Å². The van der Waals surface area contributed by atoms with Crippen LogP contribution in [-0.4, -0.2) is 57.0 Å². The summed E-state index contributed by atoms with van der Waals surface area (Å²) in [4.78, 5) is 47.6. The molecule has 0 unspecified atom stereocenters. The average Bonchev–Trinajstić information content (AvgIpc) is 3.38. The Balaban J connectivity index is 1.40. The number of rotatable bonds is 2. The first-order chi connectivity index (χ1) is 15.8. The number of carbonyl (C=O) groups is 2. The number of fused-ring (bicyclic) bond motifs is 3. The summed E-state index contributed by atoms with van der Waals surface area (Å²) in [5.74, 6) is 0.772. The van der Waals surface area contributed by atoms with Crippen LogP contribution in [-0.2, 0) is 24.9 Å². The van der Waals surface area contributed by atoms with Crippen LogP contribution in [0.25, 0.3) is 0 Å². The third-order valence-electron chi connectivity index (χ3n) is 7.24. The maximum absolute atomic E-state index is 13.4. The Bertz CT molecular complexity index is 1170. The molecule has 0 bridgehead atoms. The molecule has 3 aliphatic heterocycles. The normalized spacial score (nSPS) is 21.5. The zero-order valence-electron chi connectivity index (χ0n) is 19.6. The summed E-state index contributed by atoms with van der Waals surface area (Å²) in [5, 5.41) is 2.97. The van der Waals surface area contributed by atoms with Crippen molar-refractivity contribution in [3.05, 3.63) is 62.8 Å². The molecule has 1 N–H and O–H groups in total. The molecule has 1 aromatic carbocycles. The maximum atomic E-state index is 13.4. The number of nitrogens with zero attached hydrogens (tertiary/aromatic N) is 4. The quantitative estimate of drug-likeness (QED) is 0.762. The Morgan fingerprint density at radius 2 is 1.79 bits per heavy atom. The number of aryl methyl sites for hydroxylation is 1. The summed E-state index contributed by atoms with van der Waals surface area (Å²) < 4.78 is 1.79. The number of nitrogens with one attached hydrogen (secondary N) is 1.